The number of anilines is 1. The van der Waals surface area contributed by atoms with Crippen LogP contribution in [-0.4, -0.2) is 40.4 Å². The average Bonchev–Trinajstić information content (AvgIpc) is 2.86. The molecule has 1 fully saturated rings. The van der Waals surface area contributed by atoms with Gasteiger partial charge in [0.05, 0.1) is 28.4 Å². The van der Waals surface area contributed by atoms with E-state index >= 15 is 0 Å². The Balaban J connectivity index is 1.50. The molecule has 0 N–H and O–H groups in total. The zero-order chi connectivity index (χ0) is 23.7. The van der Waals surface area contributed by atoms with Gasteiger partial charge in [-0.05, 0) is 43.5 Å². The lowest BCUT2D eigenvalue weighted by molar-refractivity contribution is 0.0732. The topological polar surface area (TPSA) is 58.6 Å². The van der Waals surface area contributed by atoms with Crippen molar-refractivity contribution in [2.24, 2.45) is 0 Å². The van der Waals surface area contributed by atoms with Crippen LogP contribution in [0.2, 0.25) is 5.02 Å². The standard InChI is InChI=1S/C25H23ClF2N4O2/c26-19-7-3-2-6-17(19)24(33)32-13-10-22-18(15-32)23(34-16-8-9-20(27)21(28)14-16)30-25(29-22)31-11-4-1-5-12-31/h2-3,6-9,14H,1,4-5,10-13,15H2. The van der Waals surface area contributed by atoms with E-state index in [9.17, 15) is 13.6 Å². The maximum Gasteiger partial charge on any atom is 0.255 e. The van der Waals surface area contributed by atoms with Gasteiger partial charge in [0.2, 0.25) is 11.8 Å². The quantitative estimate of drug-likeness (QED) is 0.497. The second kappa shape index (κ2) is 9.54. The van der Waals surface area contributed by atoms with Crippen molar-refractivity contribution in [3.05, 3.63) is 75.9 Å². The molecule has 3 aromatic rings. The van der Waals surface area contributed by atoms with Gasteiger partial charge in [-0.3, -0.25) is 4.79 Å². The fourth-order valence-corrected chi connectivity index (χ4v) is 4.54. The summed E-state index contributed by atoms with van der Waals surface area (Å²) >= 11 is 6.24. The molecule has 5 rings (SSSR count). The van der Waals surface area contributed by atoms with Crippen LogP contribution < -0.4 is 9.64 Å². The summed E-state index contributed by atoms with van der Waals surface area (Å²) in [7, 11) is 0. The van der Waals surface area contributed by atoms with Crippen LogP contribution in [0.15, 0.2) is 42.5 Å². The number of rotatable bonds is 4. The monoisotopic (exact) mass is 484 g/mol. The van der Waals surface area contributed by atoms with Crippen LogP contribution in [0.3, 0.4) is 0 Å². The number of carbonyl (C=O) groups excluding carboxylic acids is 1. The minimum Gasteiger partial charge on any atom is -0.438 e. The minimum absolute atomic E-state index is 0.124. The summed E-state index contributed by atoms with van der Waals surface area (Å²) < 4.78 is 33.2. The number of nitrogens with zero attached hydrogens (tertiary/aromatic N) is 4. The molecule has 0 bridgehead atoms. The second-order valence-electron chi connectivity index (χ2n) is 8.44. The Morgan fingerprint density at radius 1 is 0.971 bits per heavy atom. The normalized spacial score (nSPS) is 15.7. The highest BCUT2D eigenvalue weighted by Crippen LogP contribution is 2.33. The van der Waals surface area contributed by atoms with Gasteiger partial charge in [-0.15, -0.1) is 0 Å². The van der Waals surface area contributed by atoms with E-state index in [1.54, 1.807) is 29.2 Å². The number of hydrogen-bond acceptors (Lipinski definition) is 5. The summed E-state index contributed by atoms with van der Waals surface area (Å²) in [5, 5.41) is 0.383. The number of halogens is 3. The van der Waals surface area contributed by atoms with Crippen LogP contribution in [-0.2, 0) is 13.0 Å². The van der Waals surface area contributed by atoms with Gasteiger partial charge in [0.15, 0.2) is 11.6 Å². The number of ether oxygens (including phenoxy) is 1. The van der Waals surface area contributed by atoms with Crippen molar-refractivity contribution in [1.82, 2.24) is 14.9 Å². The molecule has 9 heteroatoms. The molecule has 1 amide bonds. The summed E-state index contributed by atoms with van der Waals surface area (Å²) in [5.74, 6) is -1.24. The van der Waals surface area contributed by atoms with E-state index in [1.165, 1.54) is 12.5 Å². The molecule has 0 radical (unpaired) electrons. The SMILES string of the molecule is O=C(c1ccccc1Cl)N1CCc2nc(N3CCCCC3)nc(Oc3ccc(F)c(F)c3)c2C1. The molecule has 0 aliphatic carbocycles. The first kappa shape index (κ1) is 22.5. The van der Waals surface area contributed by atoms with Crippen LogP contribution in [0.25, 0.3) is 0 Å². The molecule has 1 saturated heterocycles. The Morgan fingerprint density at radius 3 is 2.53 bits per heavy atom. The van der Waals surface area contributed by atoms with E-state index in [2.05, 4.69) is 9.88 Å². The van der Waals surface area contributed by atoms with Crippen molar-refractivity contribution in [3.63, 3.8) is 0 Å². The van der Waals surface area contributed by atoms with E-state index in [0.29, 0.717) is 35.1 Å². The molecule has 1 aromatic heterocycles. The maximum atomic E-state index is 13.8. The van der Waals surface area contributed by atoms with Crippen molar-refractivity contribution in [2.45, 2.75) is 32.2 Å². The van der Waals surface area contributed by atoms with Gasteiger partial charge < -0.3 is 14.5 Å². The lowest BCUT2D eigenvalue weighted by atomic mass is 10.0. The Bertz CT molecular complexity index is 1230. The molecule has 0 spiro atoms. The summed E-state index contributed by atoms with van der Waals surface area (Å²) in [6.07, 6.45) is 3.79. The molecule has 0 atom stereocenters. The van der Waals surface area contributed by atoms with Crippen LogP contribution in [0, 0.1) is 11.6 Å². The van der Waals surface area contributed by atoms with Gasteiger partial charge in [-0.1, -0.05) is 23.7 Å². The summed E-state index contributed by atoms with van der Waals surface area (Å²) in [4.78, 5) is 26.4. The fourth-order valence-electron chi connectivity index (χ4n) is 4.32. The molecule has 6 nitrogen and oxygen atoms in total. The highest BCUT2D eigenvalue weighted by Gasteiger charge is 2.29. The first-order valence-corrected chi connectivity index (χ1v) is 11.7. The second-order valence-corrected chi connectivity index (χ2v) is 8.84. The Kier molecular flexibility index (Phi) is 6.32. The first-order chi connectivity index (χ1) is 16.5. The van der Waals surface area contributed by atoms with E-state index in [4.69, 9.17) is 21.3 Å². The third kappa shape index (κ3) is 4.55. The fraction of sp³-hybridized carbons (Fsp3) is 0.320. The van der Waals surface area contributed by atoms with Gasteiger partial charge in [0.25, 0.3) is 5.91 Å². The van der Waals surface area contributed by atoms with Gasteiger partial charge in [-0.2, -0.15) is 4.98 Å². The number of amides is 1. The van der Waals surface area contributed by atoms with Crippen molar-refractivity contribution in [1.29, 1.82) is 0 Å². The zero-order valence-electron chi connectivity index (χ0n) is 18.4. The predicted octanol–water partition coefficient (Wildman–Crippen LogP) is 5.39. The molecule has 3 heterocycles. The molecule has 2 aromatic carbocycles. The number of hydrogen-bond donors (Lipinski definition) is 0. The predicted molar refractivity (Wildman–Crippen MR) is 124 cm³/mol. The molecule has 34 heavy (non-hydrogen) atoms. The highest BCUT2D eigenvalue weighted by molar-refractivity contribution is 6.33. The summed E-state index contributed by atoms with van der Waals surface area (Å²) in [6.45, 7) is 2.39. The van der Waals surface area contributed by atoms with Crippen molar-refractivity contribution < 1.29 is 18.3 Å². The lowest BCUT2D eigenvalue weighted by Crippen LogP contribution is -2.38. The molecular weight excluding hydrogens is 462 g/mol. The van der Waals surface area contributed by atoms with Crippen molar-refractivity contribution in [3.8, 4) is 11.6 Å². The van der Waals surface area contributed by atoms with E-state index in [0.717, 1.165) is 43.8 Å². The lowest BCUT2D eigenvalue weighted by Gasteiger charge is -2.32. The number of carbonyl (C=O) groups is 1. The summed E-state index contributed by atoms with van der Waals surface area (Å²) in [5.41, 5.74) is 1.86. The number of piperidine rings is 1. The summed E-state index contributed by atoms with van der Waals surface area (Å²) in [6, 6.07) is 10.3. The average molecular weight is 485 g/mol. The molecular formula is C25H23ClF2N4O2. The smallest absolute Gasteiger partial charge is 0.255 e. The number of benzene rings is 2. The van der Waals surface area contributed by atoms with E-state index in [1.807, 2.05) is 0 Å². The van der Waals surface area contributed by atoms with Crippen LogP contribution >= 0.6 is 11.6 Å². The van der Waals surface area contributed by atoms with Crippen LogP contribution in [0.1, 0.15) is 40.9 Å². The molecule has 176 valence electrons. The van der Waals surface area contributed by atoms with Gasteiger partial charge in [0, 0.05) is 32.1 Å². The molecule has 0 saturated carbocycles. The van der Waals surface area contributed by atoms with Crippen molar-refractivity contribution >= 4 is 23.5 Å². The zero-order valence-corrected chi connectivity index (χ0v) is 19.2. The van der Waals surface area contributed by atoms with Gasteiger partial charge in [-0.25, -0.2) is 13.8 Å². The van der Waals surface area contributed by atoms with E-state index in [-0.39, 0.29) is 24.1 Å². The largest absolute Gasteiger partial charge is 0.438 e. The first-order valence-electron chi connectivity index (χ1n) is 11.3. The Labute approximate surface area is 201 Å². The molecule has 2 aliphatic rings. The number of aromatic nitrogens is 2. The highest BCUT2D eigenvalue weighted by atomic mass is 35.5. The van der Waals surface area contributed by atoms with Crippen molar-refractivity contribution in [2.75, 3.05) is 24.5 Å². The Hall–Kier alpha value is -3.26. The van der Waals surface area contributed by atoms with Gasteiger partial charge >= 0.3 is 0 Å². The third-order valence-corrected chi connectivity index (χ3v) is 6.48. The third-order valence-electron chi connectivity index (χ3n) is 6.15. The van der Waals surface area contributed by atoms with Gasteiger partial charge in [0.1, 0.15) is 5.75 Å². The maximum absolute atomic E-state index is 13.8. The van der Waals surface area contributed by atoms with Crippen LogP contribution in [0.4, 0.5) is 14.7 Å². The van der Waals surface area contributed by atoms with Crippen LogP contribution in [0.5, 0.6) is 11.6 Å². The number of fused-ring (bicyclic) bond motifs is 1. The molecule has 2 aliphatic heterocycles. The Morgan fingerprint density at radius 2 is 1.76 bits per heavy atom. The minimum atomic E-state index is -1.01. The molecule has 0 unspecified atom stereocenters. The van der Waals surface area contributed by atoms with E-state index < -0.39 is 11.6 Å².